The maximum absolute atomic E-state index is 6.14. The van der Waals surface area contributed by atoms with E-state index >= 15 is 0 Å². The second-order valence-corrected chi connectivity index (χ2v) is 5.36. The predicted molar refractivity (Wildman–Crippen MR) is 74.7 cm³/mol. The minimum Gasteiger partial charge on any atom is -0.334 e. The van der Waals surface area contributed by atoms with Crippen LogP contribution in [-0.2, 0) is 6.42 Å². The van der Waals surface area contributed by atoms with Crippen molar-refractivity contribution in [1.29, 1.82) is 0 Å². The van der Waals surface area contributed by atoms with E-state index in [0.717, 1.165) is 10.0 Å². The number of likely N-dealkylation sites (N-methyl/N-ethyl adjacent to an activating group) is 1. The third-order valence-electron chi connectivity index (χ3n) is 2.61. The number of nitrogens with one attached hydrogen (secondary N) is 1. The molecule has 1 aromatic carbocycles. The van der Waals surface area contributed by atoms with Crippen LogP contribution < -0.4 is 5.32 Å². The molecule has 4 nitrogen and oxygen atoms in total. The van der Waals surface area contributed by atoms with Crippen LogP contribution in [0.4, 0.5) is 0 Å². The van der Waals surface area contributed by atoms with Gasteiger partial charge in [0.2, 0.25) is 0 Å². The number of nitrogens with zero attached hydrogens (tertiary/aromatic N) is 2. The monoisotopic (exact) mass is 329 g/mol. The Labute approximate surface area is 119 Å². The van der Waals surface area contributed by atoms with Gasteiger partial charge in [-0.2, -0.15) is 4.98 Å². The van der Waals surface area contributed by atoms with E-state index in [-0.39, 0.29) is 0 Å². The molecule has 0 bridgehead atoms. The molecule has 0 amide bonds. The van der Waals surface area contributed by atoms with Gasteiger partial charge in [-0.3, -0.25) is 0 Å². The first-order valence-corrected chi connectivity index (χ1v) is 6.72. The van der Waals surface area contributed by atoms with Crippen molar-refractivity contribution in [2.24, 2.45) is 0 Å². The van der Waals surface area contributed by atoms with Crippen LogP contribution >= 0.6 is 27.5 Å². The largest absolute Gasteiger partial charge is 0.334 e. The molecular weight excluding hydrogens is 318 g/mol. The smallest absolute Gasteiger partial charge is 0.259 e. The minimum atomic E-state index is 0.302. The van der Waals surface area contributed by atoms with Crippen molar-refractivity contribution in [1.82, 2.24) is 15.5 Å². The maximum Gasteiger partial charge on any atom is 0.259 e. The first-order chi connectivity index (χ1) is 8.60. The van der Waals surface area contributed by atoms with Gasteiger partial charge in [0.25, 0.3) is 5.89 Å². The van der Waals surface area contributed by atoms with E-state index in [1.807, 2.05) is 19.2 Å². The molecule has 18 heavy (non-hydrogen) atoms. The lowest BCUT2D eigenvalue weighted by Gasteiger charge is -2.04. The van der Waals surface area contributed by atoms with Gasteiger partial charge < -0.3 is 9.84 Å². The lowest BCUT2D eigenvalue weighted by Crippen LogP contribution is -2.24. The molecule has 1 atom stereocenters. The van der Waals surface area contributed by atoms with Crippen molar-refractivity contribution in [3.63, 3.8) is 0 Å². The van der Waals surface area contributed by atoms with E-state index in [1.165, 1.54) is 0 Å². The zero-order valence-electron chi connectivity index (χ0n) is 10.1. The highest BCUT2D eigenvalue weighted by Gasteiger charge is 2.13. The van der Waals surface area contributed by atoms with Crippen LogP contribution in [0.25, 0.3) is 11.5 Å². The van der Waals surface area contributed by atoms with E-state index in [1.54, 1.807) is 6.07 Å². The minimum absolute atomic E-state index is 0.302. The van der Waals surface area contributed by atoms with Crippen LogP contribution in [0.1, 0.15) is 12.7 Å². The number of hydrogen-bond donors (Lipinski definition) is 1. The second kappa shape index (κ2) is 5.82. The first-order valence-electron chi connectivity index (χ1n) is 5.55. The summed E-state index contributed by atoms with van der Waals surface area (Å²) in [5.74, 6) is 1.12. The molecule has 0 aliphatic heterocycles. The fourth-order valence-electron chi connectivity index (χ4n) is 1.49. The summed E-state index contributed by atoms with van der Waals surface area (Å²) >= 11 is 9.49. The molecule has 0 fully saturated rings. The summed E-state index contributed by atoms with van der Waals surface area (Å²) < 4.78 is 6.14. The lowest BCUT2D eigenvalue weighted by molar-refractivity contribution is 0.418. The Hall–Kier alpha value is -0.910. The van der Waals surface area contributed by atoms with Gasteiger partial charge in [-0.15, -0.1) is 0 Å². The van der Waals surface area contributed by atoms with Crippen molar-refractivity contribution in [3.8, 4) is 11.5 Å². The average molecular weight is 331 g/mol. The molecule has 1 heterocycles. The zero-order valence-corrected chi connectivity index (χ0v) is 12.4. The second-order valence-electron chi connectivity index (χ2n) is 4.03. The SMILES string of the molecule is CNC(C)Cc1noc(-c2ccc(Br)cc2Cl)n1. The molecule has 1 unspecified atom stereocenters. The highest BCUT2D eigenvalue weighted by molar-refractivity contribution is 9.10. The van der Waals surface area contributed by atoms with Gasteiger partial charge in [-0.25, -0.2) is 0 Å². The van der Waals surface area contributed by atoms with Gasteiger partial charge in [0.05, 0.1) is 10.6 Å². The van der Waals surface area contributed by atoms with Gasteiger partial charge in [0.15, 0.2) is 5.82 Å². The zero-order chi connectivity index (χ0) is 13.1. The molecule has 96 valence electrons. The maximum atomic E-state index is 6.14. The molecule has 0 spiro atoms. The van der Waals surface area contributed by atoms with Crippen molar-refractivity contribution in [2.45, 2.75) is 19.4 Å². The third kappa shape index (κ3) is 3.10. The highest BCUT2D eigenvalue weighted by Crippen LogP contribution is 2.29. The number of hydrogen-bond acceptors (Lipinski definition) is 4. The summed E-state index contributed by atoms with van der Waals surface area (Å²) in [6, 6.07) is 5.85. The Balaban J connectivity index is 2.24. The number of rotatable bonds is 4. The van der Waals surface area contributed by atoms with Crippen molar-refractivity contribution >= 4 is 27.5 Å². The molecule has 1 N–H and O–H groups in total. The van der Waals surface area contributed by atoms with Crippen LogP contribution in [0.5, 0.6) is 0 Å². The van der Waals surface area contributed by atoms with Gasteiger partial charge in [0, 0.05) is 16.9 Å². The summed E-state index contributed by atoms with van der Waals surface area (Å²) in [6.07, 6.45) is 0.716. The molecule has 0 aliphatic carbocycles. The van der Waals surface area contributed by atoms with Crippen LogP contribution in [0.2, 0.25) is 5.02 Å². The summed E-state index contributed by atoms with van der Waals surface area (Å²) in [5, 5.41) is 7.66. The number of halogens is 2. The highest BCUT2D eigenvalue weighted by atomic mass is 79.9. The van der Waals surface area contributed by atoms with Gasteiger partial charge in [-0.1, -0.05) is 32.7 Å². The van der Waals surface area contributed by atoms with E-state index in [9.17, 15) is 0 Å². The van der Waals surface area contributed by atoms with E-state index in [2.05, 4.69) is 38.3 Å². The van der Waals surface area contributed by atoms with Crippen molar-refractivity contribution in [2.75, 3.05) is 7.05 Å². The molecule has 6 heteroatoms. The molecule has 0 radical (unpaired) electrons. The fraction of sp³-hybridized carbons (Fsp3) is 0.333. The molecule has 1 aromatic heterocycles. The van der Waals surface area contributed by atoms with Crippen molar-refractivity contribution in [3.05, 3.63) is 33.5 Å². The van der Waals surface area contributed by atoms with Gasteiger partial charge >= 0.3 is 0 Å². The van der Waals surface area contributed by atoms with Crippen LogP contribution in [0.15, 0.2) is 27.2 Å². The standard InChI is InChI=1S/C12H13BrClN3O/c1-7(15-2)5-11-16-12(18-17-11)9-4-3-8(13)6-10(9)14/h3-4,6-7,15H,5H2,1-2H3. The Morgan fingerprint density at radius 3 is 2.94 bits per heavy atom. The fourth-order valence-corrected chi connectivity index (χ4v) is 2.24. The average Bonchev–Trinajstić information content (AvgIpc) is 2.77. The molecule has 0 saturated heterocycles. The van der Waals surface area contributed by atoms with Gasteiger partial charge in [-0.05, 0) is 32.2 Å². The van der Waals surface area contributed by atoms with Crippen LogP contribution in [0, 0.1) is 0 Å². The van der Waals surface area contributed by atoms with Gasteiger partial charge in [0.1, 0.15) is 0 Å². The molecule has 2 aromatic rings. The third-order valence-corrected chi connectivity index (χ3v) is 3.42. The van der Waals surface area contributed by atoms with E-state index in [4.69, 9.17) is 16.1 Å². The van der Waals surface area contributed by atoms with Crippen LogP contribution in [-0.4, -0.2) is 23.2 Å². The van der Waals surface area contributed by atoms with E-state index < -0.39 is 0 Å². The molecule has 0 aliphatic rings. The first kappa shape index (κ1) is 13.5. The number of aromatic nitrogens is 2. The van der Waals surface area contributed by atoms with Crippen LogP contribution in [0.3, 0.4) is 0 Å². The molecule has 2 rings (SSSR count). The predicted octanol–water partition coefficient (Wildman–Crippen LogP) is 3.30. The summed E-state index contributed by atoms with van der Waals surface area (Å²) in [6.45, 7) is 2.06. The quantitative estimate of drug-likeness (QED) is 0.934. The Morgan fingerprint density at radius 1 is 1.50 bits per heavy atom. The molecule has 0 saturated carbocycles. The number of benzene rings is 1. The lowest BCUT2D eigenvalue weighted by atomic mass is 10.2. The summed E-state index contributed by atoms with van der Waals surface area (Å²) in [5.41, 5.74) is 0.746. The molecular formula is C12H13BrClN3O. The Bertz CT molecular complexity index is 544. The topological polar surface area (TPSA) is 51.0 Å². The Morgan fingerprint density at radius 2 is 2.28 bits per heavy atom. The summed E-state index contributed by atoms with van der Waals surface area (Å²) in [7, 11) is 1.90. The van der Waals surface area contributed by atoms with Crippen molar-refractivity contribution < 1.29 is 4.52 Å². The van der Waals surface area contributed by atoms with E-state index in [0.29, 0.717) is 29.2 Å². The normalized spacial score (nSPS) is 12.7. The Kier molecular flexibility index (Phi) is 4.37. The summed E-state index contributed by atoms with van der Waals surface area (Å²) in [4.78, 5) is 4.34.